The Hall–Kier alpha value is -0.210. The lowest BCUT2D eigenvalue weighted by Gasteiger charge is -2.27. The molecule has 1 nitrogen and oxygen atoms in total. The number of rotatable bonds is 1. The molecule has 0 atom stereocenters. The highest BCUT2D eigenvalue weighted by atomic mass is 32.3. The molecule has 0 fully saturated rings. The van der Waals surface area contributed by atoms with Crippen LogP contribution in [0.4, 0.5) is 0 Å². The summed E-state index contributed by atoms with van der Waals surface area (Å²) in [7, 11) is -1.42. The van der Waals surface area contributed by atoms with Crippen LogP contribution in [0, 0.1) is 0 Å². The fourth-order valence-corrected chi connectivity index (χ4v) is 2.03. The summed E-state index contributed by atoms with van der Waals surface area (Å²) in [6.45, 7) is 0. The molecule has 2 heteroatoms. The van der Waals surface area contributed by atoms with Gasteiger partial charge < -0.3 is 4.55 Å². The van der Waals surface area contributed by atoms with E-state index in [0.717, 1.165) is 12.8 Å². The molecule has 0 heterocycles. The van der Waals surface area contributed by atoms with Gasteiger partial charge in [-0.2, -0.15) is 0 Å². The second-order valence-electron chi connectivity index (χ2n) is 2.87. The molecule has 0 amide bonds. The molecule has 0 saturated carbocycles. The van der Waals surface area contributed by atoms with Crippen molar-refractivity contribution in [3.63, 3.8) is 0 Å². The third-order valence-electron chi connectivity index (χ3n) is 1.62. The molecule has 10 heavy (non-hydrogen) atoms. The van der Waals surface area contributed by atoms with E-state index < -0.39 is 10.3 Å². The second kappa shape index (κ2) is 2.81. The first-order chi connectivity index (χ1) is 4.61. The predicted octanol–water partition coefficient (Wildman–Crippen LogP) is 2.76. The molecule has 1 aliphatic rings. The first-order valence-electron chi connectivity index (χ1n) is 3.42. The smallest absolute Gasteiger partial charge is 0.00922 e. The van der Waals surface area contributed by atoms with Crippen molar-refractivity contribution in [1.82, 2.24) is 0 Å². The number of hydrogen-bond acceptors (Lipinski definition) is 1. The van der Waals surface area contributed by atoms with Crippen molar-refractivity contribution < 1.29 is 4.55 Å². The Morgan fingerprint density at radius 3 is 2.50 bits per heavy atom. The maximum Gasteiger partial charge on any atom is -0.00922 e. The average molecular weight is 158 g/mol. The Morgan fingerprint density at radius 1 is 1.50 bits per heavy atom. The highest BCUT2D eigenvalue weighted by molar-refractivity contribution is 8.31. The van der Waals surface area contributed by atoms with Crippen LogP contribution in [0.5, 0.6) is 0 Å². The first-order valence-corrected chi connectivity index (χ1v) is 5.83. The molecular weight excluding hydrogens is 144 g/mol. The normalized spacial score (nSPS) is 20.5. The monoisotopic (exact) mass is 158 g/mol. The zero-order chi connectivity index (χ0) is 7.61. The van der Waals surface area contributed by atoms with E-state index in [1.165, 1.54) is 4.91 Å². The fourth-order valence-electron chi connectivity index (χ4n) is 0.997. The molecular formula is C8H14OS. The Labute approximate surface area is 64.0 Å². The van der Waals surface area contributed by atoms with E-state index in [0.29, 0.717) is 0 Å². The molecule has 1 aliphatic carbocycles. The van der Waals surface area contributed by atoms with Gasteiger partial charge in [0, 0.05) is 0 Å². The average Bonchev–Trinajstić information content (AvgIpc) is 1.88. The van der Waals surface area contributed by atoms with Gasteiger partial charge in [0.15, 0.2) is 0 Å². The van der Waals surface area contributed by atoms with E-state index in [2.05, 4.69) is 6.08 Å². The lowest BCUT2D eigenvalue weighted by Crippen LogP contribution is -1.98. The summed E-state index contributed by atoms with van der Waals surface area (Å²) in [4.78, 5) is 1.22. The summed E-state index contributed by atoms with van der Waals surface area (Å²) < 4.78 is 9.62. The van der Waals surface area contributed by atoms with E-state index in [9.17, 15) is 4.55 Å². The van der Waals surface area contributed by atoms with Crippen molar-refractivity contribution >= 4 is 10.3 Å². The fraction of sp³-hybridized carbons (Fsp3) is 0.500. The van der Waals surface area contributed by atoms with Crippen LogP contribution in [0.15, 0.2) is 23.1 Å². The second-order valence-corrected chi connectivity index (χ2v) is 5.94. The number of hydrogen-bond donors (Lipinski definition) is 1. The van der Waals surface area contributed by atoms with Crippen molar-refractivity contribution in [1.29, 1.82) is 0 Å². The van der Waals surface area contributed by atoms with E-state index in [1.54, 1.807) is 0 Å². The van der Waals surface area contributed by atoms with Gasteiger partial charge in [0.1, 0.15) is 0 Å². The van der Waals surface area contributed by atoms with Gasteiger partial charge in [-0.25, -0.2) is 0 Å². The van der Waals surface area contributed by atoms with Gasteiger partial charge in [0.25, 0.3) is 0 Å². The van der Waals surface area contributed by atoms with Crippen LogP contribution in [-0.4, -0.2) is 17.1 Å². The molecule has 0 bridgehead atoms. The van der Waals surface area contributed by atoms with Gasteiger partial charge in [-0.1, -0.05) is 18.2 Å². The van der Waals surface area contributed by atoms with Crippen molar-refractivity contribution in [2.45, 2.75) is 12.8 Å². The standard InChI is InChI=1S/C8H14OS/c1-10(2,9)8-6-4-3-5-7-8/h3-4,6,9H,5,7H2,1-2H3. The Bertz CT molecular complexity index is 174. The van der Waals surface area contributed by atoms with Crippen LogP contribution in [-0.2, 0) is 0 Å². The highest BCUT2D eigenvalue weighted by Gasteiger charge is 2.13. The van der Waals surface area contributed by atoms with Crippen molar-refractivity contribution in [2.24, 2.45) is 0 Å². The van der Waals surface area contributed by atoms with Crippen molar-refractivity contribution in [3.8, 4) is 0 Å². The Kier molecular flexibility index (Phi) is 2.21. The summed E-state index contributed by atoms with van der Waals surface area (Å²) >= 11 is 0. The third-order valence-corrected chi connectivity index (χ3v) is 3.24. The van der Waals surface area contributed by atoms with Gasteiger partial charge in [0.2, 0.25) is 0 Å². The maximum absolute atomic E-state index is 9.62. The quantitative estimate of drug-likeness (QED) is 0.622. The first kappa shape index (κ1) is 7.89. The Balaban J connectivity index is 2.72. The van der Waals surface area contributed by atoms with Gasteiger partial charge in [0.05, 0.1) is 0 Å². The van der Waals surface area contributed by atoms with E-state index in [4.69, 9.17) is 0 Å². The van der Waals surface area contributed by atoms with Crippen molar-refractivity contribution in [3.05, 3.63) is 23.1 Å². The maximum atomic E-state index is 9.62. The molecule has 1 rings (SSSR count). The van der Waals surface area contributed by atoms with Crippen LogP contribution >= 0.6 is 10.3 Å². The molecule has 0 saturated heterocycles. The van der Waals surface area contributed by atoms with Crippen molar-refractivity contribution in [2.75, 3.05) is 12.5 Å². The molecule has 58 valence electrons. The van der Waals surface area contributed by atoms with Crippen LogP contribution < -0.4 is 0 Å². The molecule has 0 aromatic heterocycles. The predicted molar refractivity (Wildman–Crippen MR) is 48.5 cm³/mol. The van der Waals surface area contributed by atoms with Gasteiger partial charge in [-0.05, 0) is 30.3 Å². The Morgan fingerprint density at radius 2 is 2.20 bits per heavy atom. The summed E-state index contributed by atoms with van der Waals surface area (Å²) in [5, 5.41) is 0. The van der Waals surface area contributed by atoms with E-state index in [1.807, 2.05) is 24.7 Å². The van der Waals surface area contributed by atoms with Gasteiger partial charge >= 0.3 is 0 Å². The molecule has 1 N–H and O–H groups in total. The summed E-state index contributed by atoms with van der Waals surface area (Å²) in [5.41, 5.74) is 0. The van der Waals surface area contributed by atoms with E-state index in [-0.39, 0.29) is 0 Å². The molecule has 0 aromatic rings. The molecule has 0 radical (unpaired) electrons. The van der Waals surface area contributed by atoms with Gasteiger partial charge in [-0.3, -0.25) is 0 Å². The lowest BCUT2D eigenvalue weighted by molar-refractivity contribution is 0.641. The summed E-state index contributed by atoms with van der Waals surface area (Å²) in [5.74, 6) is 0. The summed E-state index contributed by atoms with van der Waals surface area (Å²) in [6.07, 6.45) is 12.2. The highest BCUT2D eigenvalue weighted by Crippen LogP contribution is 2.47. The zero-order valence-corrected chi connectivity index (χ0v) is 7.32. The minimum absolute atomic E-state index is 1.04. The van der Waals surface area contributed by atoms with Crippen LogP contribution in [0.1, 0.15) is 12.8 Å². The largest absolute Gasteiger partial charge is 0.348 e. The summed E-state index contributed by atoms with van der Waals surface area (Å²) in [6, 6.07) is 0. The van der Waals surface area contributed by atoms with Gasteiger partial charge in [-0.15, -0.1) is 10.3 Å². The topological polar surface area (TPSA) is 20.2 Å². The number of allylic oxidation sites excluding steroid dienone is 4. The minimum Gasteiger partial charge on any atom is -0.348 e. The molecule has 0 aromatic carbocycles. The molecule has 0 unspecified atom stereocenters. The zero-order valence-electron chi connectivity index (χ0n) is 6.50. The third kappa shape index (κ3) is 1.89. The van der Waals surface area contributed by atoms with E-state index >= 15 is 0 Å². The lowest BCUT2D eigenvalue weighted by atomic mass is 10.2. The SMILES string of the molecule is CS(C)(O)C1=CC=CCC1. The molecule has 0 aliphatic heterocycles. The minimum atomic E-state index is -1.42. The van der Waals surface area contributed by atoms with Crippen LogP contribution in [0.25, 0.3) is 0 Å². The molecule has 0 spiro atoms. The van der Waals surface area contributed by atoms with Crippen LogP contribution in [0.2, 0.25) is 0 Å². The van der Waals surface area contributed by atoms with Crippen LogP contribution in [0.3, 0.4) is 0 Å².